The number of hydrogen-bond acceptors (Lipinski definition) is 8. The molecule has 0 saturated carbocycles. The van der Waals surface area contributed by atoms with Gasteiger partial charge in [-0.05, 0) is 111 Å². The van der Waals surface area contributed by atoms with E-state index in [-0.39, 0.29) is 35.2 Å². The number of benzene rings is 2. The maximum Gasteiger partial charge on any atom is 0.286 e. The molecule has 11 nitrogen and oxygen atoms in total. The minimum absolute atomic E-state index is 0.00816. The molecule has 0 spiro atoms. The molecule has 3 aromatic rings. The number of amides is 2. The second kappa shape index (κ2) is 20.1. The van der Waals surface area contributed by atoms with E-state index in [0.29, 0.717) is 55.0 Å². The summed E-state index contributed by atoms with van der Waals surface area (Å²) in [5.74, 6) is -0.323. The van der Waals surface area contributed by atoms with Gasteiger partial charge in [-0.15, -0.1) is 4.36 Å². The van der Waals surface area contributed by atoms with E-state index in [4.69, 9.17) is 25.8 Å². The smallest absolute Gasteiger partial charge is 0.286 e. The molecular formula is C45H62ClN5O6S. The first-order valence-corrected chi connectivity index (χ1v) is 23.0. The highest BCUT2D eigenvalue weighted by molar-refractivity contribution is 7.92. The van der Waals surface area contributed by atoms with Crippen LogP contribution in [0.5, 0.6) is 5.75 Å². The van der Waals surface area contributed by atoms with E-state index < -0.39 is 21.7 Å². The van der Waals surface area contributed by atoms with Gasteiger partial charge < -0.3 is 23.7 Å². The Balaban J connectivity index is 1.38. The van der Waals surface area contributed by atoms with Gasteiger partial charge in [0.15, 0.2) is 0 Å². The lowest BCUT2D eigenvalue weighted by Gasteiger charge is -2.35. The first-order chi connectivity index (χ1) is 27.9. The van der Waals surface area contributed by atoms with Crippen LogP contribution in [0.3, 0.4) is 0 Å². The van der Waals surface area contributed by atoms with Crippen molar-refractivity contribution in [2.75, 3.05) is 51.2 Å². The van der Waals surface area contributed by atoms with Crippen molar-refractivity contribution < 1.29 is 28.0 Å². The Morgan fingerprint density at radius 1 is 1.09 bits per heavy atom. The van der Waals surface area contributed by atoms with Crippen LogP contribution in [0.15, 0.2) is 65.2 Å². The van der Waals surface area contributed by atoms with Crippen molar-refractivity contribution in [1.82, 2.24) is 14.2 Å². The van der Waals surface area contributed by atoms with E-state index in [9.17, 15) is 13.8 Å². The lowest BCUT2D eigenvalue weighted by atomic mass is 9.85. The van der Waals surface area contributed by atoms with E-state index in [0.717, 1.165) is 68.7 Å². The number of methoxy groups -OCH3 is 1. The molecule has 5 atom stereocenters. The quantitative estimate of drug-likeness (QED) is 0.237. The van der Waals surface area contributed by atoms with Crippen molar-refractivity contribution >= 4 is 39.0 Å². The van der Waals surface area contributed by atoms with Crippen LogP contribution in [-0.2, 0) is 45.9 Å². The number of nitrogens with zero attached hydrogens (tertiary/aromatic N) is 4. The van der Waals surface area contributed by atoms with E-state index in [1.165, 1.54) is 5.56 Å². The lowest BCUT2D eigenvalue weighted by molar-refractivity contribution is 0.0401. The lowest BCUT2D eigenvalue weighted by Crippen LogP contribution is -2.36. The second-order valence-electron chi connectivity index (χ2n) is 16.5. The maximum absolute atomic E-state index is 14.9. The van der Waals surface area contributed by atoms with Gasteiger partial charge in [0.1, 0.15) is 15.7 Å². The molecule has 1 N–H and O–H groups in total. The fourth-order valence-electron chi connectivity index (χ4n) is 8.68. The summed E-state index contributed by atoms with van der Waals surface area (Å²) in [6.07, 6.45) is 11.8. The largest absolute Gasteiger partial charge is 0.491 e. The summed E-state index contributed by atoms with van der Waals surface area (Å²) >= 11 is 6.51. The van der Waals surface area contributed by atoms with E-state index >= 15 is 0 Å². The van der Waals surface area contributed by atoms with Crippen LogP contribution in [0.25, 0.3) is 0 Å². The number of nitrogens with one attached hydrogen (secondary N) is 1. The molecule has 2 bridgehead atoms. The van der Waals surface area contributed by atoms with Gasteiger partial charge in [-0.1, -0.05) is 57.0 Å². The van der Waals surface area contributed by atoms with Crippen LogP contribution < -0.4 is 14.4 Å². The Bertz CT molecular complexity index is 2050. The number of carbonyl (C=O) groups is 2. The summed E-state index contributed by atoms with van der Waals surface area (Å²) < 4.78 is 42.0. The van der Waals surface area contributed by atoms with Gasteiger partial charge in [0.2, 0.25) is 0 Å². The minimum Gasteiger partial charge on any atom is -0.491 e. The van der Waals surface area contributed by atoms with Crippen LogP contribution in [0.2, 0.25) is 5.02 Å². The number of anilines is 1. The molecule has 1 unspecified atom stereocenters. The van der Waals surface area contributed by atoms with E-state index in [1.807, 2.05) is 42.8 Å². The zero-order valence-electron chi connectivity index (χ0n) is 35.1. The molecule has 2 aromatic carbocycles. The van der Waals surface area contributed by atoms with Gasteiger partial charge in [0.25, 0.3) is 11.8 Å². The Morgan fingerprint density at radius 3 is 2.64 bits per heavy atom. The molecule has 1 saturated heterocycles. The third kappa shape index (κ3) is 11.1. The monoisotopic (exact) mass is 835 g/mol. The molecular weight excluding hydrogens is 774 g/mol. The number of allylic oxidation sites excluding steroid dienone is 1. The summed E-state index contributed by atoms with van der Waals surface area (Å²) in [6, 6.07) is 13.6. The molecule has 316 valence electrons. The summed E-state index contributed by atoms with van der Waals surface area (Å²) in [6.45, 7) is 10.3. The SMILES string of the molecule is CC[C@H]1[C@@H](OC)/C=C/C[C@H](C)CS(=O)(NC(=O)c2cc(CN(C)C3CCOCC3)n(C)c2)=NC(=O)c2ccc3c(c2)N(Cc2ccc(Cl)cc2CCCCO3)C[C@@H]1C. The average Bonchev–Trinajstić information content (AvgIpc) is 3.55. The number of rotatable bonds is 7. The zero-order valence-corrected chi connectivity index (χ0v) is 36.7. The van der Waals surface area contributed by atoms with Crippen molar-refractivity contribution in [1.29, 1.82) is 0 Å². The number of ether oxygens (including phenoxy) is 3. The van der Waals surface area contributed by atoms with Crippen molar-refractivity contribution in [3.63, 3.8) is 0 Å². The topological polar surface area (TPSA) is 115 Å². The maximum atomic E-state index is 14.9. The molecule has 2 amide bonds. The van der Waals surface area contributed by atoms with Crippen molar-refractivity contribution in [2.45, 2.75) is 91.0 Å². The molecule has 0 radical (unpaired) electrons. The highest BCUT2D eigenvalue weighted by atomic mass is 35.5. The Hall–Kier alpha value is -3.68. The molecule has 6 rings (SSSR count). The normalized spacial score (nSPS) is 25.9. The molecule has 13 heteroatoms. The van der Waals surface area contributed by atoms with Crippen molar-refractivity contribution in [3.8, 4) is 5.75 Å². The molecule has 4 heterocycles. The number of aryl methyl sites for hydroxylation is 2. The first-order valence-electron chi connectivity index (χ1n) is 20.9. The average molecular weight is 837 g/mol. The molecule has 3 aliphatic heterocycles. The van der Waals surface area contributed by atoms with Gasteiger partial charge in [-0.2, -0.15) is 0 Å². The van der Waals surface area contributed by atoms with E-state index in [1.54, 1.807) is 19.4 Å². The van der Waals surface area contributed by atoms with E-state index in [2.05, 4.69) is 64.1 Å². The Labute approximate surface area is 350 Å². The van der Waals surface area contributed by atoms with Gasteiger partial charge in [-0.25, -0.2) is 4.21 Å². The fourth-order valence-corrected chi connectivity index (χ4v) is 10.8. The second-order valence-corrected chi connectivity index (χ2v) is 19.0. The number of halogens is 1. The molecule has 1 aromatic heterocycles. The third-order valence-electron chi connectivity index (χ3n) is 12.0. The Kier molecular flexibility index (Phi) is 15.2. The van der Waals surface area contributed by atoms with Crippen LogP contribution in [-0.4, -0.2) is 83.9 Å². The van der Waals surface area contributed by atoms with Crippen LogP contribution in [0.4, 0.5) is 5.69 Å². The summed E-state index contributed by atoms with van der Waals surface area (Å²) in [5.41, 5.74) is 4.71. The summed E-state index contributed by atoms with van der Waals surface area (Å²) in [7, 11) is 2.16. The predicted octanol–water partition coefficient (Wildman–Crippen LogP) is 8.24. The van der Waals surface area contributed by atoms with Crippen molar-refractivity contribution in [2.24, 2.45) is 29.2 Å². The highest BCUT2D eigenvalue weighted by Gasteiger charge is 2.29. The standard InChI is InChI=1S/C45H62ClN5O6S/c1-7-40-32(3)26-51-28-35-14-16-37(46)23-33(35)12-8-9-20-57-43-17-15-34(25-41(43)51)44(52)47-58(54,30-31(2)11-10-13-42(40)55-6)48-45(53)36-24-39(49(4)27-36)29-50(5)38-18-21-56-22-19-38/h10,13-17,23-25,27,31-32,38,40,42H,7-9,11-12,18-22,26,28-30H2,1-6H3,(H,47,48,52,53,54)/b13-10+/t31-,32-,40+,42-,58?/m0/s1. The minimum atomic E-state index is -3.59. The first kappa shape index (κ1) is 43.9. The van der Waals surface area contributed by atoms with Gasteiger partial charge >= 0.3 is 0 Å². The molecule has 3 aliphatic rings. The number of fused-ring (bicyclic) bond motifs is 2. The molecule has 0 aliphatic carbocycles. The predicted molar refractivity (Wildman–Crippen MR) is 232 cm³/mol. The highest BCUT2D eigenvalue weighted by Crippen LogP contribution is 2.36. The molecule has 58 heavy (non-hydrogen) atoms. The fraction of sp³-hybridized carbons (Fsp3) is 0.556. The number of carbonyl (C=O) groups excluding carboxylic acids is 2. The summed E-state index contributed by atoms with van der Waals surface area (Å²) in [4.78, 5) is 32.8. The van der Waals surface area contributed by atoms with Gasteiger partial charge in [-0.3, -0.25) is 19.2 Å². The number of aromatic nitrogens is 1. The third-order valence-corrected chi connectivity index (χ3v) is 14.3. The summed E-state index contributed by atoms with van der Waals surface area (Å²) in [5, 5.41) is 0.706. The van der Waals surface area contributed by atoms with Crippen LogP contribution >= 0.6 is 11.6 Å². The molecule has 1 fully saturated rings. The van der Waals surface area contributed by atoms with Gasteiger partial charge in [0.05, 0.1) is 29.7 Å². The van der Waals surface area contributed by atoms with Crippen LogP contribution in [0, 0.1) is 17.8 Å². The zero-order chi connectivity index (χ0) is 41.4. The van der Waals surface area contributed by atoms with Crippen LogP contribution in [0.1, 0.15) is 96.8 Å². The van der Waals surface area contributed by atoms with Gasteiger partial charge in [0, 0.05) is 75.5 Å². The number of hydrogen-bond donors (Lipinski definition) is 1. The van der Waals surface area contributed by atoms with Crippen molar-refractivity contribution in [3.05, 3.63) is 93.8 Å². The Morgan fingerprint density at radius 2 is 1.88 bits per heavy atom.